The van der Waals surface area contributed by atoms with Crippen LogP contribution in [-0.2, 0) is 16.7 Å². The molecule has 4 aromatic carbocycles. The molecule has 0 N–H and O–H groups in total. The first-order valence-corrected chi connectivity index (χ1v) is 17.2. The fourth-order valence-electron chi connectivity index (χ4n) is 5.55. The lowest BCUT2D eigenvalue weighted by molar-refractivity contribution is -0.667. The minimum Gasteiger partial charge on any atom is -0.748 e. The molecule has 5 aromatic rings. The summed E-state index contributed by atoms with van der Waals surface area (Å²) in [7, 11) is -4.27. The number of anilines is 1. The third-order valence-electron chi connectivity index (χ3n) is 7.44. The van der Waals surface area contributed by atoms with Crippen LogP contribution < -0.4 is 9.47 Å². The third-order valence-corrected chi connectivity index (χ3v) is 10.4. The van der Waals surface area contributed by atoms with E-state index in [4.69, 9.17) is 0 Å². The molecule has 0 aliphatic carbocycles. The molecule has 0 bridgehead atoms. The van der Waals surface area contributed by atoms with Crippen molar-refractivity contribution >= 4 is 76.7 Å². The van der Waals surface area contributed by atoms with Crippen LogP contribution in [-0.4, -0.2) is 25.3 Å². The van der Waals surface area contributed by atoms with Crippen molar-refractivity contribution in [3.8, 4) is 0 Å². The SMILES string of the molecule is CCCCN1C(=CC(C)=Cc2sc3ccc4ccccc4c3[n+]2CCCS(=O)(=O)[O-])Sc2ccc3ccccc3c21. The quantitative estimate of drug-likeness (QED) is 0.126. The van der Waals surface area contributed by atoms with Gasteiger partial charge in [-0.1, -0.05) is 91.0 Å². The van der Waals surface area contributed by atoms with Gasteiger partial charge in [-0.05, 0) is 54.0 Å². The number of unbranched alkanes of at least 4 members (excludes halogenated alkanes) is 1. The van der Waals surface area contributed by atoms with E-state index in [0.717, 1.165) is 51.0 Å². The number of hydrogen-bond donors (Lipinski definition) is 0. The molecule has 0 saturated heterocycles. The fraction of sp³-hybridized carbons (Fsp3) is 0.242. The molecule has 0 atom stereocenters. The van der Waals surface area contributed by atoms with Crippen LogP contribution in [0.4, 0.5) is 5.69 Å². The van der Waals surface area contributed by atoms with E-state index in [0.29, 0.717) is 6.54 Å². The molecule has 210 valence electrons. The second kappa shape index (κ2) is 11.6. The van der Waals surface area contributed by atoms with Crippen LogP contribution in [0.2, 0.25) is 0 Å². The maximum absolute atomic E-state index is 11.4. The molecule has 0 spiro atoms. The van der Waals surface area contributed by atoms with E-state index in [-0.39, 0.29) is 12.2 Å². The summed E-state index contributed by atoms with van der Waals surface area (Å²) in [5.74, 6) is -0.371. The predicted octanol–water partition coefficient (Wildman–Crippen LogP) is 8.09. The van der Waals surface area contributed by atoms with E-state index in [1.807, 2.05) is 23.9 Å². The van der Waals surface area contributed by atoms with E-state index >= 15 is 0 Å². The number of rotatable bonds is 9. The zero-order valence-corrected chi connectivity index (χ0v) is 25.6. The van der Waals surface area contributed by atoms with Gasteiger partial charge in [-0.15, -0.1) is 0 Å². The summed E-state index contributed by atoms with van der Waals surface area (Å²) in [6.45, 7) is 5.77. The Labute approximate surface area is 249 Å². The summed E-state index contributed by atoms with van der Waals surface area (Å²) in [6.07, 6.45) is 6.96. The Morgan fingerprint density at radius 2 is 1.66 bits per heavy atom. The summed E-state index contributed by atoms with van der Waals surface area (Å²) in [4.78, 5) is 3.75. The third kappa shape index (κ3) is 5.79. The van der Waals surface area contributed by atoms with Crippen molar-refractivity contribution in [1.82, 2.24) is 0 Å². The lowest BCUT2D eigenvalue weighted by Crippen LogP contribution is -2.36. The number of allylic oxidation sites excluding steroid dienone is 2. The van der Waals surface area contributed by atoms with Crippen molar-refractivity contribution in [1.29, 1.82) is 0 Å². The number of hydrogen-bond acceptors (Lipinski definition) is 6. The summed E-state index contributed by atoms with van der Waals surface area (Å²) in [5, 5.41) is 7.05. The lowest BCUT2D eigenvalue weighted by Gasteiger charge is -2.22. The molecule has 0 radical (unpaired) electrons. The van der Waals surface area contributed by atoms with Crippen LogP contribution in [0.1, 0.15) is 38.1 Å². The molecule has 8 heteroatoms. The standard InChI is InChI=1S/C33H32N2O3S3/c1-3-4-18-34-30(39-28-16-14-24-10-5-7-12-26(24)32(28)34)21-23(2)22-31-35(19-9-20-41(36,37)38)33-27-13-8-6-11-25(27)15-17-29(33)40-31/h5-8,10-17,21-22H,3-4,9,18-20H2,1-2H3. The van der Waals surface area contributed by atoms with E-state index in [1.54, 1.807) is 11.3 Å². The molecule has 0 unspecified atom stereocenters. The Hall–Kier alpha value is -3.17. The van der Waals surface area contributed by atoms with Crippen molar-refractivity contribution in [2.75, 3.05) is 17.2 Å². The summed E-state index contributed by atoms with van der Waals surface area (Å²) in [6, 6.07) is 25.5. The molecule has 1 aromatic heterocycles. The normalized spacial score (nSPS) is 15.0. The van der Waals surface area contributed by atoms with Gasteiger partial charge in [0.05, 0.1) is 26.2 Å². The van der Waals surface area contributed by atoms with Crippen molar-refractivity contribution < 1.29 is 17.5 Å². The highest BCUT2D eigenvalue weighted by molar-refractivity contribution is 8.03. The Morgan fingerprint density at radius 1 is 0.951 bits per heavy atom. The zero-order valence-electron chi connectivity index (χ0n) is 23.2. The van der Waals surface area contributed by atoms with Gasteiger partial charge in [-0.25, -0.2) is 8.42 Å². The van der Waals surface area contributed by atoms with Crippen LogP contribution >= 0.6 is 23.1 Å². The number of aromatic nitrogens is 1. The van der Waals surface area contributed by atoms with Crippen LogP contribution in [0, 0.1) is 0 Å². The van der Waals surface area contributed by atoms with Crippen molar-refractivity contribution in [3.05, 3.63) is 94.5 Å². The largest absolute Gasteiger partial charge is 0.748 e. The minimum absolute atomic E-state index is 0.273. The number of fused-ring (bicyclic) bond motifs is 6. The molecule has 5 nitrogen and oxygen atoms in total. The molecule has 1 aliphatic heterocycles. The molecular formula is C33H32N2O3S3. The van der Waals surface area contributed by atoms with E-state index in [1.165, 1.54) is 26.4 Å². The van der Waals surface area contributed by atoms with Crippen molar-refractivity contribution in [3.63, 3.8) is 0 Å². The van der Waals surface area contributed by atoms with Gasteiger partial charge in [-0.3, -0.25) is 0 Å². The number of aryl methyl sites for hydroxylation is 1. The van der Waals surface area contributed by atoms with Crippen LogP contribution in [0.5, 0.6) is 0 Å². The number of thiazole rings is 1. The fourth-order valence-corrected chi connectivity index (χ4v) is 8.47. The average Bonchev–Trinajstić information content (AvgIpc) is 3.48. The van der Waals surface area contributed by atoms with Gasteiger partial charge in [0.1, 0.15) is 4.70 Å². The Morgan fingerprint density at radius 3 is 2.41 bits per heavy atom. The van der Waals surface area contributed by atoms with Gasteiger partial charge in [0.15, 0.2) is 6.54 Å². The molecular weight excluding hydrogens is 569 g/mol. The van der Waals surface area contributed by atoms with E-state index in [2.05, 4.69) is 96.1 Å². The van der Waals surface area contributed by atoms with Gasteiger partial charge in [-0.2, -0.15) is 4.57 Å². The van der Waals surface area contributed by atoms with Gasteiger partial charge in [0, 0.05) is 35.1 Å². The molecule has 1 aliphatic rings. The molecule has 0 amide bonds. The molecule has 6 rings (SSSR count). The van der Waals surface area contributed by atoms with Gasteiger partial charge in [0.2, 0.25) is 5.52 Å². The van der Waals surface area contributed by atoms with Crippen molar-refractivity contribution in [2.45, 2.75) is 44.6 Å². The van der Waals surface area contributed by atoms with Gasteiger partial charge < -0.3 is 9.45 Å². The van der Waals surface area contributed by atoms with Crippen molar-refractivity contribution in [2.24, 2.45) is 0 Å². The summed E-state index contributed by atoms with van der Waals surface area (Å²) >= 11 is 3.51. The highest BCUT2D eigenvalue weighted by Gasteiger charge is 2.27. The summed E-state index contributed by atoms with van der Waals surface area (Å²) in [5.41, 5.74) is 3.50. The van der Waals surface area contributed by atoms with Gasteiger partial charge >= 0.3 is 0 Å². The maximum atomic E-state index is 11.4. The first-order chi connectivity index (χ1) is 19.8. The monoisotopic (exact) mass is 600 g/mol. The highest BCUT2D eigenvalue weighted by atomic mass is 32.2. The Bertz CT molecular complexity index is 1940. The molecule has 0 fully saturated rings. The number of benzene rings is 4. The average molecular weight is 601 g/mol. The molecule has 0 saturated carbocycles. The topological polar surface area (TPSA) is 64.3 Å². The van der Waals surface area contributed by atoms with Crippen LogP contribution in [0.15, 0.2) is 94.4 Å². The number of thioether (sulfide) groups is 1. The Balaban J connectivity index is 1.42. The number of nitrogens with zero attached hydrogens (tertiary/aromatic N) is 2. The molecule has 2 heterocycles. The highest BCUT2D eigenvalue weighted by Crippen LogP contribution is 2.50. The van der Waals surface area contributed by atoms with E-state index in [9.17, 15) is 13.0 Å². The van der Waals surface area contributed by atoms with Gasteiger partial charge in [0.25, 0.3) is 5.01 Å². The maximum Gasteiger partial charge on any atom is 0.263 e. The zero-order chi connectivity index (χ0) is 28.6. The summed E-state index contributed by atoms with van der Waals surface area (Å²) < 4.78 is 37.5. The molecule has 41 heavy (non-hydrogen) atoms. The van der Waals surface area contributed by atoms with Crippen LogP contribution in [0.3, 0.4) is 0 Å². The van der Waals surface area contributed by atoms with E-state index < -0.39 is 10.1 Å². The first kappa shape index (κ1) is 28.0. The Kier molecular flexibility index (Phi) is 7.92. The smallest absolute Gasteiger partial charge is 0.263 e. The second-order valence-electron chi connectivity index (χ2n) is 10.5. The predicted molar refractivity (Wildman–Crippen MR) is 173 cm³/mol. The minimum atomic E-state index is -4.27. The lowest BCUT2D eigenvalue weighted by atomic mass is 10.1. The second-order valence-corrected chi connectivity index (χ2v) is 14.1. The first-order valence-electron chi connectivity index (χ1n) is 14.0. The van der Waals surface area contributed by atoms with Crippen LogP contribution in [0.25, 0.3) is 37.8 Å².